The molecule has 0 aliphatic rings. The molecule has 2 nitrogen and oxygen atoms in total. The molecule has 2 aromatic carbocycles. The van der Waals surface area contributed by atoms with Crippen LogP contribution in [-0.2, 0) is 11.2 Å². The second-order valence-electron chi connectivity index (χ2n) is 5.91. The van der Waals surface area contributed by atoms with Gasteiger partial charge in [0.1, 0.15) is 12.0 Å². The number of aryl methyl sites for hydroxylation is 1. The van der Waals surface area contributed by atoms with E-state index in [0.717, 1.165) is 41.4 Å². The molecule has 0 aromatic heterocycles. The number of hydrogen-bond donors (Lipinski definition) is 1. The van der Waals surface area contributed by atoms with Crippen LogP contribution in [0.5, 0.6) is 5.75 Å². The number of phenols is 1. The average Bonchev–Trinajstić information content (AvgIpc) is 2.64. The van der Waals surface area contributed by atoms with Crippen molar-refractivity contribution in [1.29, 1.82) is 0 Å². The van der Waals surface area contributed by atoms with Crippen LogP contribution >= 0.6 is 0 Å². The summed E-state index contributed by atoms with van der Waals surface area (Å²) in [6.45, 7) is 5.95. The molecule has 0 unspecified atom stereocenters. The van der Waals surface area contributed by atoms with E-state index >= 15 is 0 Å². The molecule has 0 spiro atoms. The summed E-state index contributed by atoms with van der Waals surface area (Å²) in [5.41, 5.74) is 5.12. The van der Waals surface area contributed by atoms with E-state index in [-0.39, 0.29) is 5.75 Å². The van der Waals surface area contributed by atoms with Crippen LogP contribution in [0, 0.1) is 0 Å². The van der Waals surface area contributed by atoms with Gasteiger partial charge in [-0.2, -0.15) is 0 Å². The Balaban J connectivity index is 2.69. The fourth-order valence-electron chi connectivity index (χ4n) is 2.87. The van der Waals surface area contributed by atoms with Gasteiger partial charge in [-0.05, 0) is 58.5 Å². The topological polar surface area (TPSA) is 37.3 Å². The van der Waals surface area contributed by atoms with E-state index in [1.807, 2.05) is 36.4 Å². The number of aldehydes is 1. The van der Waals surface area contributed by atoms with Crippen LogP contribution in [0.25, 0.3) is 11.6 Å². The van der Waals surface area contributed by atoms with Crippen molar-refractivity contribution in [3.8, 4) is 5.75 Å². The van der Waals surface area contributed by atoms with Gasteiger partial charge in [0.05, 0.1) is 0 Å². The van der Waals surface area contributed by atoms with Gasteiger partial charge in [0.15, 0.2) is 0 Å². The number of phenolic OH excluding ortho intramolecular Hbond substituents is 1. The van der Waals surface area contributed by atoms with E-state index in [4.69, 9.17) is 0 Å². The van der Waals surface area contributed by atoms with Crippen molar-refractivity contribution in [2.24, 2.45) is 0 Å². The summed E-state index contributed by atoms with van der Waals surface area (Å²) in [4.78, 5) is 10.9. The Labute approximate surface area is 155 Å². The maximum atomic E-state index is 10.9. The summed E-state index contributed by atoms with van der Waals surface area (Å²) in [5.74, 6) is 0.220. The second kappa shape index (κ2) is 10.00. The summed E-state index contributed by atoms with van der Waals surface area (Å²) < 4.78 is 0. The molecule has 1 N–H and O–H groups in total. The van der Waals surface area contributed by atoms with Crippen molar-refractivity contribution in [2.75, 3.05) is 0 Å². The number of carbonyl (C=O) groups is 1. The molecule has 0 radical (unpaired) electrons. The Morgan fingerprint density at radius 2 is 1.96 bits per heavy atom. The van der Waals surface area contributed by atoms with Crippen LogP contribution in [-0.4, -0.2) is 11.4 Å². The quantitative estimate of drug-likeness (QED) is 0.286. The maximum Gasteiger partial charge on any atom is 0.142 e. The molecule has 0 saturated carbocycles. The molecule has 0 saturated heterocycles. The Bertz CT molecular complexity index is 854. The van der Waals surface area contributed by atoms with E-state index in [0.29, 0.717) is 0 Å². The minimum atomic E-state index is 0.220. The van der Waals surface area contributed by atoms with Crippen LogP contribution in [0.3, 0.4) is 0 Å². The number of benzene rings is 2. The largest absolute Gasteiger partial charge is 0.508 e. The molecule has 0 aliphatic heterocycles. The molecule has 26 heavy (non-hydrogen) atoms. The lowest BCUT2D eigenvalue weighted by Crippen LogP contribution is -1.96. The van der Waals surface area contributed by atoms with Gasteiger partial charge in [-0.1, -0.05) is 74.5 Å². The Hall–Kier alpha value is -3.13. The summed E-state index contributed by atoms with van der Waals surface area (Å²) in [5, 5.41) is 9.80. The lowest BCUT2D eigenvalue weighted by atomic mass is 9.90. The standard InChI is InChI=1S/C24H24O2/c1-3-9-20-12-5-6-15-23(20)24(21(10-4-2)13-8-16-25)18-19-11-7-14-22(26)17-19/h4-8,10-18,26H,2-3,9H2,1H3/b13-8+,21-10+,24-18+. The first-order valence-corrected chi connectivity index (χ1v) is 8.73. The van der Waals surface area contributed by atoms with E-state index in [1.165, 1.54) is 11.6 Å². The van der Waals surface area contributed by atoms with Crippen molar-refractivity contribution in [3.63, 3.8) is 0 Å². The minimum absolute atomic E-state index is 0.220. The van der Waals surface area contributed by atoms with Gasteiger partial charge in [0.2, 0.25) is 0 Å². The van der Waals surface area contributed by atoms with E-state index < -0.39 is 0 Å². The van der Waals surface area contributed by atoms with E-state index in [1.54, 1.807) is 24.3 Å². The highest BCUT2D eigenvalue weighted by Gasteiger charge is 2.10. The normalized spacial score (nSPS) is 12.3. The second-order valence-corrected chi connectivity index (χ2v) is 5.91. The fourth-order valence-corrected chi connectivity index (χ4v) is 2.87. The van der Waals surface area contributed by atoms with Gasteiger partial charge >= 0.3 is 0 Å². The predicted octanol–water partition coefficient (Wildman–Crippen LogP) is 5.75. The van der Waals surface area contributed by atoms with E-state index in [9.17, 15) is 9.90 Å². The number of allylic oxidation sites excluding steroid dienone is 6. The van der Waals surface area contributed by atoms with Crippen molar-refractivity contribution in [2.45, 2.75) is 19.8 Å². The van der Waals surface area contributed by atoms with Crippen LogP contribution in [0.1, 0.15) is 30.0 Å². The maximum absolute atomic E-state index is 10.9. The Morgan fingerprint density at radius 3 is 2.65 bits per heavy atom. The zero-order valence-electron chi connectivity index (χ0n) is 15.1. The minimum Gasteiger partial charge on any atom is -0.508 e. The highest BCUT2D eigenvalue weighted by Crippen LogP contribution is 2.31. The van der Waals surface area contributed by atoms with Crippen LogP contribution in [0.15, 0.2) is 85.0 Å². The van der Waals surface area contributed by atoms with Gasteiger partial charge in [-0.15, -0.1) is 0 Å². The number of hydrogen-bond acceptors (Lipinski definition) is 2. The third-order valence-corrected chi connectivity index (χ3v) is 3.97. The monoisotopic (exact) mass is 344 g/mol. The molecule has 2 aromatic rings. The van der Waals surface area contributed by atoms with Crippen molar-refractivity contribution < 1.29 is 9.90 Å². The van der Waals surface area contributed by atoms with Crippen LogP contribution in [0.4, 0.5) is 0 Å². The van der Waals surface area contributed by atoms with Crippen LogP contribution in [0.2, 0.25) is 0 Å². The third kappa shape index (κ3) is 5.18. The highest BCUT2D eigenvalue weighted by molar-refractivity contribution is 5.94. The highest BCUT2D eigenvalue weighted by atomic mass is 16.3. The molecular formula is C24H24O2. The number of rotatable bonds is 8. The molecule has 2 heteroatoms. The molecule has 0 aliphatic carbocycles. The first kappa shape index (κ1) is 19.2. The van der Waals surface area contributed by atoms with Crippen molar-refractivity contribution in [1.82, 2.24) is 0 Å². The first-order chi connectivity index (χ1) is 12.7. The summed E-state index contributed by atoms with van der Waals surface area (Å²) in [6, 6.07) is 15.4. The fraction of sp³-hybridized carbons (Fsp3) is 0.125. The lowest BCUT2D eigenvalue weighted by Gasteiger charge is -2.15. The number of aromatic hydroxyl groups is 1. The summed E-state index contributed by atoms with van der Waals surface area (Å²) in [7, 11) is 0. The van der Waals surface area contributed by atoms with Crippen LogP contribution < -0.4 is 0 Å². The van der Waals surface area contributed by atoms with Gasteiger partial charge in [0, 0.05) is 0 Å². The summed E-state index contributed by atoms with van der Waals surface area (Å²) in [6.07, 6.45) is 11.7. The van der Waals surface area contributed by atoms with Gasteiger partial charge in [-0.3, -0.25) is 4.79 Å². The van der Waals surface area contributed by atoms with Crippen molar-refractivity contribution in [3.05, 3.63) is 102 Å². The third-order valence-electron chi connectivity index (χ3n) is 3.97. The zero-order valence-corrected chi connectivity index (χ0v) is 15.1. The zero-order chi connectivity index (χ0) is 18.8. The van der Waals surface area contributed by atoms with Crippen molar-refractivity contribution >= 4 is 17.9 Å². The lowest BCUT2D eigenvalue weighted by molar-refractivity contribution is -0.104. The molecule has 0 atom stereocenters. The number of carbonyl (C=O) groups excluding carboxylic acids is 1. The molecule has 0 amide bonds. The molecular weight excluding hydrogens is 320 g/mol. The molecule has 0 heterocycles. The first-order valence-electron chi connectivity index (χ1n) is 8.73. The van der Waals surface area contributed by atoms with E-state index in [2.05, 4.69) is 25.6 Å². The Morgan fingerprint density at radius 1 is 1.15 bits per heavy atom. The van der Waals surface area contributed by atoms with Gasteiger partial charge < -0.3 is 5.11 Å². The molecule has 132 valence electrons. The summed E-state index contributed by atoms with van der Waals surface area (Å²) >= 11 is 0. The van der Waals surface area contributed by atoms with Gasteiger partial charge in [0.25, 0.3) is 0 Å². The SMILES string of the molecule is C=C/C=C(\C=C\C=O)C(=C\c1cccc(O)c1)/c1ccccc1CCC. The Kier molecular flexibility index (Phi) is 7.38. The molecule has 0 fully saturated rings. The molecule has 2 rings (SSSR count). The van der Waals surface area contributed by atoms with Gasteiger partial charge in [-0.25, -0.2) is 0 Å². The average molecular weight is 344 g/mol. The molecule has 0 bridgehead atoms. The predicted molar refractivity (Wildman–Crippen MR) is 110 cm³/mol. The smallest absolute Gasteiger partial charge is 0.142 e.